The number of hydrogen-bond donors (Lipinski definition) is 1. The summed E-state index contributed by atoms with van der Waals surface area (Å²) in [5, 5.41) is 3.57. The van der Waals surface area contributed by atoms with E-state index in [4.69, 9.17) is 0 Å². The lowest BCUT2D eigenvalue weighted by Crippen LogP contribution is -2.40. The van der Waals surface area contributed by atoms with Gasteiger partial charge in [0.1, 0.15) is 0 Å². The molecule has 0 spiro atoms. The molecule has 1 fully saturated rings. The first-order chi connectivity index (χ1) is 8.47. The maximum absolute atomic E-state index is 3.57. The molecule has 0 amide bonds. The molecular weight excluding hydrogens is 220 g/mol. The average Bonchev–Trinajstić information content (AvgIpc) is 2.72. The van der Waals surface area contributed by atoms with E-state index in [9.17, 15) is 0 Å². The van der Waals surface area contributed by atoms with Gasteiger partial charge in [-0.2, -0.15) is 0 Å². The van der Waals surface area contributed by atoms with Gasteiger partial charge in [0.05, 0.1) is 0 Å². The molecule has 0 unspecified atom stereocenters. The molecule has 1 heterocycles. The van der Waals surface area contributed by atoms with Crippen molar-refractivity contribution in [3.8, 4) is 0 Å². The molecule has 108 valence electrons. The predicted molar refractivity (Wildman–Crippen MR) is 81.0 cm³/mol. The maximum Gasteiger partial charge on any atom is 0.00451 e. The first-order valence-corrected chi connectivity index (χ1v) is 7.90. The quantitative estimate of drug-likeness (QED) is 0.667. The third-order valence-corrected chi connectivity index (χ3v) is 4.70. The third-order valence-electron chi connectivity index (χ3n) is 4.70. The normalized spacial score (nSPS) is 20.5. The molecule has 0 atom stereocenters. The fourth-order valence-corrected chi connectivity index (χ4v) is 3.25. The molecule has 0 aliphatic carbocycles. The average molecular weight is 254 g/mol. The highest BCUT2D eigenvalue weighted by atomic mass is 15.2. The molecular formula is C16H34N2. The molecule has 1 aliphatic rings. The maximum atomic E-state index is 3.57. The highest BCUT2D eigenvalue weighted by Gasteiger charge is 2.36. The Morgan fingerprint density at radius 3 is 2.33 bits per heavy atom. The van der Waals surface area contributed by atoms with E-state index < -0.39 is 0 Å². The second kappa shape index (κ2) is 6.91. The van der Waals surface area contributed by atoms with Crippen LogP contribution in [-0.4, -0.2) is 37.6 Å². The Balaban J connectivity index is 2.39. The van der Waals surface area contributed by atoms with Crippen LogP contribution in [0, 0.1) is 10.8 Å². The minimum atomic E-state index is 0.396. The van der Waals surface area contributed by atoms with E-state index in [1.165, 1.54) is 45.3 Å². The van der Waals surface area contributed by atoms with Crippen molar-refractivity contribution >= 4 is 0 Å². The summed E-state index contributed by atoms with van der Waals surface area (Å²) in [5.41, 5.74) is 1.01. The topological polar surface area (TPSA) is 15.3 Å². The van der Waals surface area contributed by atoms with Gasteiger partial charge in [-0.1, -0.05) is 34.6 Å². The third kappa shape index (κ3) is 4.55. The number of nitrogens with one attached hydrogen (secondary N) is 1. The number of rotatable bonds is 8. The van der Waals surface area contributed by atoms with E-state index in [-0.39, 0.29) is 0 Å². The monoisotopic (exact) mass is 254 g/mol. The fourth-order valence-electron chi connectivity index (χ4n) is 3.25. The van der Waals surface area contributed by atoms with Gasteiger partial charge >= 0.3 is 0 Å². The summed E-state index contributed by atoms with van der Waals surface area (Å²) in [5.74, 6) is 0. The molecule has 2 heteroatoms. The lowest BCUT2D eigenvalue weighted by atomic mass is 9.82. The van der Waals surface area contributed by atoms with Gasteiger partial charge in [-0.05, 0) is 49.6 Å². The highest BCUT2D eigenvalue weighted by Crippen LogP contribution is 2.37. The summed E-state index contributed by atoms with van der Waals surface area (Å²) in [6.07, 6.45) is 5.32. The lowest BCUT2D eigenvalue weighted by molar-refractivity contribution is 0.176. The van der Waals surface area contributed by atoms with Crippen LogP contribution in [0.25, 0.3) is 0 Å². The van der Waals surface area contributed by atoms with Crippen LogP contribution in [0.5, 0.6) is 0 Å². The van der Waals surface area contributed by atoms with Crippen LogP contribution >= 0.6 is 0 Å². The van der Waals surface area contributed by atoms with E-state index in [1.54, 1.807) is 0 Å². The molecule has 18 heavy (non-hydrogen) atoms. The van der Waals surface area contributed by atoms with Gasteiger partial charge in [-0.15, -0.1) is 0 Å². The summed E-state index contributed by atoms with van der Waals surface area (Å²) in [6, 6.07) is 0. The fraction of sp³-hybridized carbons (Fsp3) is 1.00. The van der Waals surface area contributed by atoms with Crippen LogP contribution < -0.4 is 5.32 Å². The second-order valence-corrected chi connectivity index (χ2v) is 7.01. The number of nitrogens with zero attached hydrogens (tertiary/aromatic N) is 1. The highest BCUT2D eigenvalue weighted by molar-refractivity contribution is 4.90. The zero-order valence-electron chi connectivity index (χ0n) is 13.3. The van der Waals surface area contributed by atoms with Crippen molar-refractivity contribution in [2.24, 2.45) is 10.8 Å². The van der Waals surface area contributed by atoms with Gasteiger partial charge in [0.25, 0.3) is 0 Å². The van der Waals surface area contributed by atoms with Crippen molar-refractivity contribution in [2.75, 3.05) is 32.7 Å². The van der Waals surface area contributed by atoms with Gasteiger partial charge < -0.3 is 10.2 Å². The van der Waals surface area contributed by atoms with Crippen LogP contribution in [0.1, 0.15) is 60.3 Å². The van der Waals surface area contributed by atoms with Crippen LogP contribution in [0.4, 0.5) is 0 Å². The molecule has 1 rings (SSSR count). The Morgan fingerprint density at radius 1 is 1.17 bits per heavy atom. The molecule has 0 radical (unpaired) electrons. The first kappa shape index (κ1) is 16.0. The predicted octanol–water partition coefficient (Wildman–Crippen LogP) is 3.52. The van der Waals surface area contributed by atoms with E-state index in [0.29, 0.717) is 10.8 Å². The molecule has 1 N–H and O–H groups in total. The van der Waals surface area contributed by atoms with Gasteiger partial charge in [-0.25, -0.2) is 0 Å². The zero-order chi connectivity index (χ0) is 13.6. The molecule has 0 saturated carbocycles. The van der Waals surface area contributed by atoms with Crippen molar-refractivity contribution < 1.29 is 0 Å². The Morgan fingerprint density at radius 2 is 1.83 bits per heavy atom. The molecule has 0 aromatic carbocycles. The summed E-state index contributed by atoms with van der Waals surface area (Å²) in [4.78, 5) is 2.70. The largest absolute Gasteiger partial charge is 0.316 e. The zero-order valence-corrected chi connectivity index (χ0v) is 13.3. The Kier molecular flexibility index (Phi) is 6.13. The van der Waals surface area contributed by atoms with Crippen molar-refractivity contribution in [1.29, 1.82) is 0 Å². The Hall–Kier alpha value is -0.0800. The lowest BCUT2D eigenvalue weighted by Gasteiger charge is -2.32. The number of likely N-dealkylation sites (tertiary alicyclic amines) is 1. The second-order valence-electron chi connectivity index (χ2n) is 7.01. The van der Waals surface area contributed by atoms with Gasteiger partial charge in [-0.3, -0.25) is 0 Å². The molecule has 1 aliphatic heterocycles. The molecule has 0 aromatic rings. The summed E-state index contributed by atoms with van der Waals surface area (Å²) < 4.78 is 0. The minimum absolute atomic E-state index is 0.396. The van der Waals surface area contributed by atoms with Crippen LogP contribution in [0.3, 0.4) is 0 Å². The minimum Gasteiger partial charge on any atom is -0.316 e. The molecule has 0 bridgehead atoms. The van der Waals surface area contributed by atoms with E-state index in [2.05, 4.69) is 44.8 Å². The molecule has 0 aromatic heterocycles. The van der Waals surface area contributed by atoms with Crippen molar-refractivity contribution in [3.63, 3.8) is 0 Å². The summed E-state index contributed by atoms with van der Waals surface area (Å²) in [7, 11) is 0. The van der Waals surface area contributed by atoms with E-state index in [1.807, 2.05) is 0 Å². The summed E-state index contributed by atoms with van der Waals surface area (Å²) in [6.45, 7) is 17.9. The first-order valence-electron chi connectivity index (χ1n) is 7.90. The smallest absolute Gasteiger partial charge is 0.00451 e. The van der Waals surface area contributed by atoms with Crippen LogP contribution in [0.2, 0.25) is 0 Å². The van der Waals surface area contributed by atoms with Crippen molar-refractivity contribution in [2.45, 2.75) is 60.3 Å². The van der Waals surface area contributed by atoms with E-state index >= 15 is 0 Å². The SMILES string of the molecule is CCCNCC(C)(C)CN1CCC(CC)(CC)C1. The summed E-state index contributed by atoms with van der Waals surface area (Å²) >= 11 is 0. The Bertz CT molecular complexity index is 231. The number of hydrogen-bond acceptors (Lipinski definition) is 2. The molecule has 2 nitrogen and oxygen atoms in total. The Labute approximate surface area is 115 Å². The molecule has 1 saturated heterocycles. The van der Waals surface area contributed by atoms with E-state index in [0.717, 1.165) is 13.1 Å². The van der Waals surface area contributed by atoms with Crippen molar-refractivity contribution in [3.05, 3.63) is 0 Å². The van der Waals surface area contributed by atoms with Crippen LogP contribution in [0.15, 0.2) is 0 Å². The standard InChI is InChI=1S/C16H34N2/c1-6-10-17-12-15(4,5)13-18-11-9-16(7-2,8-3)14-18/h17H,6-14H2,1-5H3. The van der Waals surface area contributed by atoms with Gasteiger partial charge in [0, 0.05) is 19.6 Å². The van der Waals surface area contributed by atoms with Crippen molar-refractivity contribution in [1.82, 2.24) is 10.2 Å². The van der Waals surface area contributed by atoms with Gasteiger partial charge in [0.15, 0.2) is 0 Å². The van der Waals surface area contributed by atoms with Gasteiger partial charge in [0.2, 0.25) is 0 Å². The van der Waals surface area contributed by atoms with Crippen LogP contribution in [-0.2, 0) is 0 Å².